The zero-order valence-corrected chi connectivity index (χ0v) is 11.6. The van der Waals surface area contributed by atoms with Crippen LogP contribution in [0.4, 0.5) is 0 Å². The van der Waals surface area contributed by atoms with E-state index >= 15 is 0 Å². The number of hydrogen-bond acceptors (Lipinski definition) is 3. The molecule has 0 bridgehead atoms. The van der Waals surface area contributed by atoms with Crippen LogP contribution >= 0.6 is 11.6 Å². The fraction of sp³-hybridized carbons (Fsp3) is 0.462. The van der Waals surface area contributed by atoms with E-state index < -0.39 is 5.97 Å². The van der Waals surface area contributed by atoms with Crippen molar-refractivity contribution in [3.05, 3.63) is 28.3 Å². The first kappa shape index (κ1) is 14.8. The molecule has 1 rings (SSSR count). The third-order valence-electron chi connectivity index (χ3n) is 2.67. The van der Waals surface area contributed by atoms with Gasteiger partial charge in [-0.05, 0) is 45.6 Å². The molecule has 0 heterocycles. The van der Waals surface area contributed by atoms with Crippen LogP contribution in [0, 0.1) is 0 Å². The summed E-state index contributed by atoms with van der Waals surface area (Å²) in [6, 6.07) is 3.08. The molecular weight excluding hydrogens is 254 g/mol. The van der Waals surface area contributed by atoms with Gasteiger partial charge in [-0.1, -0.05) is 11.6 Å². The lowest BCUT2D eigenvalue weighted by atomic mass is 10.0. The van der Waals surface area contributed by atoms with Gasteiger partial charge in [0.2, 0.25) is 0 Å². The highest BCUT2D eigenvalue weighted by Gasteiger charge is 2.17. The van der Waals surface area contributed by atoms with Crippen LogP contribution in [0.15, 0.2) is 12.1 Å². The van der Waals surface area contributed by atoms with Crippen molar-refractivity contribution < 1.29 is 14.6 Å². The number of aromatic carboxylic acids is 1. The first-order chi connectivity index (χ1) is 8.47. The first-order valence-electron chi connectivity index (χ1n) is 5.70. The van der Waals surface area contributed by atoms with Crippen LogP contribution in [0.1, 0.15) is 22.3 Å². The number of benzene rings is 1. The Balaban J connectivity index is 3.00. The molecule has 0 aliphatic heterocycles. The van der Waals surface area contributed by atoms with Gasteiger partial charge in [0.25, 0.3) is 0 Å². The molecule has 0 spiro atoms. The predicted molar refractivity (Wildman–Crippen MR) is 71.8 cm³/mol. The van der Waals surface area contributed by atoms with Crippen LogP contribution in [-0.2, 0) is 6.42 Å². The molecule has 0 aliphatic carbocycles. The largest absolute Gasteiger partial charge is 0.496 e. The lowest BCUT2D eigenvalue weighted by molar-refractivity contribution is 0.0693. The van der Waals surface area contributed by atoms with Gasteiger partial charge in [-0.25, -0.2) is 4.79 Å². The van der Waals surface area contributed by atoms with E-state index in [-0.39, 0.29) is 5.56 Å². The maximum Gasteiger partial charge on any atom is 0.339 e. The molecule has 0 atom stereocenters. The second-order valence-electron chi connectivity index (χ2n) is 4.32. The highest BCUT2D eigenvalue weighted by molar-refractivity contribution is 6.31. The summed E-state index contributed by atoms with van der Waals surface area (Å²) in [6.07, 6.45) is 1.59. The number of halogens is 1. The van der Waals surface area contributed by atoms with Crippen molar-refractivity contribution in [2.75, 3.05) is 27.7 Å². The number of hydrogen-bond donors (Lipinski definition) is 1. The fourth-order valence-electron chi connectivity index (χ4n) is 1.81. The molecule has 4 nitrogen and oxygen atoms in total. The number of methoxy groups -OCH3 is 1. The summed E-state index contributed by atoms with van der Waals surface area (Å²) < 4.78 is 5.20. The van der Waals surface area contributed by atoms with Crippen molar-refractivity contribution in [3.8, 4) is 5.75 Å². The summed E-state index contributed by atoms with van der Waals surface area (Å²) in [5.74, 6) is -0.633. The molecule has 0 saturated heterocycles. The summed E-state index contributed by atoms with van der Waals surface area (Å²) in [7, 11) is 5.45. The topological polar surface area (TPSA) is 49.8 Å². The standard InChI is InChI=1S/C13H18ClNO3/c1-15(2)8-4-5-9-11(14)7-6-10(13(16)17)12(9)18-3/h6-7H,4-5,8H2,1-3H3,(H,16,17). The van der Waals surface area contributed by atoms with Crippen molar-refractivity contribution in [1.82, 2.24) is 4.90 Å². The minimum Gasteiger partial charge on any atom is -0.496 e. The Morgan fingerprint density at radius 2 is 2.11 bits per heavy atom. The Labute approximate surface area is 112 Å². The van der Waals surface area contributed by atoms with E-state index in [0.717, 1.165) is 18.5 Å². The number of carboxylic acid groups (broad SMARTS) is 1. The second-order valence-corrected chi connectivity index (χ2v) is 4.73. The Morgan fingerprint density at radius 3 is 2.61 bits per heavy atom. The molecule has 1 aromatic rings. The predicted octanol–water partition coefficient (Wildman–Crippen LogP) is 2.54. The normalized spacial score (nSPS) is 10.7. The van der Waals surface area contributed by atoms with Gasteiger partial charge >= 0.3 is 5.97 Å². The van der Waals surface area contributed by atoms with Gasteiger partial charge in [-0.15, -0.1) is 0 Å². The molecule has 0 aromatic heterocycles. The van der Waals surface area contributed by atoms with E-state index in [4.69, 9.17) is 21.4 Å². The third-order valence-corrected chi connectivity index (χ3v) is 3.02. The van der Waals surface area contributed by atoms with E-state index in [9.17, 15) is 4.79 Å². The van der Waals surface area contributed by atoms with Crippen LogP contribution < -0.4 is 4.74 Å². The summed E-state index contributed by atoms with van der Waals surface area (Å²) >= 11 is 6.11. The fourth-order valence-corrected chi connectivity index (χ4v) is 2.05. The summed E-state index contributed by atoms with van der Waals surface area (Å²) in [4.78, 5) is 13.2. The van der Waals surface area contributed by atoms with Crippen molar-refractivity contribution in [2.24, 2.45) is 0 Å². The Bertz CT molecular complexity index is 432. The number of carboxylic acids is 1. The zero-order valence-electron chi connectivity index (χ0n) is 10.9. The minimum absolute atomic E-state index is 0.154. The molecule has 1 aromatic carbocycles. The molecule has 0 aliphatic rings. The number of rotatable bonds is 6. The Morgan fingerprint density at radius 1 is 1.44 bits per heavy atom. The summed E-state index contributed by atoms with van der Waals surface area (Å²) in [6.45, 7) is 0.913. The Hall–Kier alpha value is -1.26. The maximum atomic E-state index is 11.1. The SMILES string of the molecule is COc1c(C(=O)O)ccc(Cl)c1CCCN(C)C. The maximum absolute atomic E-state index is 11.1. The van der Waals surface area contributed by atoms with Crippen LogP contribution in [0.2, 0.25) is 5.02 Å². The van der Waals surface area contributed by atoms with E-state index in [0.29, 0.717) is 17.2 Å². The van der Waals surface area contributed by atoms with Gasteiger partial charge in [0.15, 0.2) is 0 Å². The minimum atomic E-state index is -1.00. The van der Waals surface area contributed by atoms with Crippen LogP contribution in [0.5, 0.6) is 5.75 Å². The second kappa shape index (κ2) is 6.61. The highest BCUT2D eigenvalue weighted by atomic mass is 35.5. The molecule has 0 saturated carbocycles. The van der Waals surface area contributed by atoms with Gasteiger partial charge in [0.05, 0.1) is 7.11 Å². The van der Waals surface area contributed by atoms with Crippen molar-refractivity contribution in [3.63, 3.8) is 0 Å². The summed E-state index contributed by atoms with van der Waals surface area (Å²) in [5.41, 5.74) is 0.919. The van der Waals surface area contributed by atoms with Crippen LogP contribution in [0.25, 0.3) is 0 Å². The van der Waals surface area contributed by atoms with Gasteiger partial charge in [0, 0.05) is 10.6 Å². The van der Waals surface area contributed by atoms with Gasteiger partial charge in [-0.2, -0.15) is 0 Å². The molecule has 18 heavy (non-hydrogen) atoms. The van der Waals surface area contributed by atoms with Gasteiger partial charge < -0.3 is 14.7 Å². The number of ether oxygens (including phenoxy) is 1. The zero-order chi connectivity index (χ0) is 13.7. The van der Waals surface area contributed by atoms with Gasteiger partial charge in [0.1, 0.15) is 11.3 Å². The number of nitrogens with zero attached hydrogens (tertiary/aromatic N) is 1. The van der Waals surface area contributed by atoms with Crippen LogP contribution in [-0.4, -0.2) is 43.7 Å². The molecule has 100 valence electrons. The first-order valence-corrected chi connectivity index (χ1v) is 6.08. The molecular formula is C13H18ClNO3. The lowest BCUT2D eigenvalue weighted by Gasteiger charge is -2.14. The number of carbonyl (C=O) groups is 1. The van der Waals surface area contributed by atoms with E-state index in [1.807, 2.05) is 14.1 Å². The molecule has 0 fully saturated rings. The monoisotopic (exact) mass is 271 g/mol. The van der Waals surface area contributed by atoms with Gasteiger partial charge in [-0.3, -0.25) is 0 Å². The van der Waals surface area contributed by atoms with Crippen molar-refractivity contribution in [1.29, 1.82) is 0 Å². The van der Waals surface area contributed by atoms with Crippen molar-refractivity contribution in [2.45, 2.75) is 12.8 Å². The molecule has 1 N–H and O–H groups in total. The molecule has 0 unspecified atom stereocenters. The molecule has 0 amide bonds. The Kier molecular flexibility index (Phi) is 5.44. The lowest BCUT2D eigenvalue weighted by Crippen LogP contribution is -2.14. The quantitative estimate of drug-likeness (QED) is 0.864. The smallest absolute Gasteiger partial charge is 0.339 e. The van der Waals surface area contributed by atoms with E-state index in [1.54, 1.807) is 6.07 Å². The average molecular weight is 272 g/mol. The van der Waals surface area contributed by atoms with E-state index in [2.05, 4.69) is 4.90 Å². The third kappa shape index (κ3) is 3.62. The molecule has 5 heteroatoms. The summed E-state index contributed by atoms with van der Waals surface area (Å²) in [5, 5.41) is 9.65. The van der Waals surface area contributed by atoms with E-state index in [1.165, 1.54) is 13.2 Å². The van der Waals surface area contributed by atoms with Crippen molar-refractivity contribution >= 4 is 17.6 Å². The molecule has 0 radical (unpaired) electrons. The van der Waals surface area contributed by atoms with Crippen LogP contribution in [0.3, 0.4) is 0 Å². The highest BCUT2D eigenvalue weighted by Crippen LogP contribution is 2.31. The average Bonchev–Trinajstić information content (AvgIpc) is 2.29.